The number of hydrazone groups is 1. The van der Waals surface area contributed by atoms with Crippen molar-refractivity contribution in [3.05, 3.63) is 42.2 Å². The first-order chi connectivity index (χ1) is 17.6. The number of likely N-dealkylation sites (tertiary alicyclic amines) is 1. The van der Waals surface area contributed by atoms with Crippen LogP contribution in [0.5, 0.6) is 0 Å². The van der Waals surface area contributed by atoms with E-state index < -0.39 is 0 Å². The molecule has 2 saturated heterocycles. The van der Waals surface area contributed by atoms with Gasteiger partial charge in [-0.2, -0.15) is 5.10 Å². The highest BCUT2D eigenvalue weighted by molar-refractivity contribution is 7.99. The number of anilines is 3. The molecule has 2 aliphatic rings. The Morgan fingerprint density at radius 3 is 2.61 bits per heavy atom. The average Bonchev–Trinajstić information content (AvgIpc) is 3.60. The van der Waals surface area contributed by atoms with Gasteiger partial charge >= 0.3 is 0 Å². The van der Waals surface area contributed by atoms with Gasteiger partial charge in [0.05, 0.1) is 0 Å². The van der Waals surface area contributed by atoms with Gasteiger partial charge in [-0.3, -0.25) is 15.1 Å². The summed E-state index contributed by atoms with van der Waals surface area (Å²) in [5.74, 6) is 2.39. The van der Waals surface area contributed by atoms with Crippen LogP contribution in [-0.2, 0) is 4.79 Å². The van der Waals surface area contributed by atoms with E-state index in [1.54, 1.807) is 6.21 Å². The summed E-state index contributed by atoms with van der Waals surface area (Å²) < 4.78 is 0. The second-order valence-corrected chi connectivity index (χ2v) is 9.92. The number of aromatic nitrogens is 2. The summed E-state index contributed by atoms with van der Waals surface area (Å²) in [5.41, 5.74) is 3.78. The van der Waals surface area contributed by atoms with E-state index in [4.69, 9.17) is 9.97 Å². The first-order valence-electron chi connectivity index (χ1n) is 12.7. The number of allylic oxidation sites excluding steroid dienone is 1. The highest BCUT2D eigenvalue weighted by atomic mass is 32.2. The van der Waals surface area contributed by atoms with Crippen molar-refractivity contribution in [1.82, 2.24) is 20.3 Å². The zero-order chi connectivity index (χ0) is 25.3. The molecule has 0 unspecified atom stereocenters. The number of rotatable bonds is 10. The van der Waals surface area contributed by atoms with Crippen molar-refractivity contribution < 1.29 is 4.79 Å². The summed E-state index contributed by atoms with van der Waals surface area (Å²) in [4.78, 5) is 27.4. The van der Waals surface area contributed by atoms with Gasteiger partial charge in [0.15, 0.2) is 5.16 Å². The van der Waals surface area contributed by atoms with Gasteiger partial charge in [-0.15, -0.1) is 0 Å². The molecule has 36 heavy (non-hydrogen) atoms. The molecule has 1 amide bonds. The van der Waals surface area contributed by atoms with Crippen molar-refractivity contribution in [2.24, 2.45) is 5.10 Å². The van der Waals surface area contributed by atoms with E-state index in [2.05, 4.69) is 31.0 Å². The molecule has 0 spiro atoms. The van der Waals surface area contributed by atoms with Crippen molar-refractivity contribution in [1.29, 1.82) is 0 Å². The Labute approximate surface area is 217 Å². The molecule has 9 nitrogen and oxygen atoms in total. The number of benzene rings is 1. The molecule has 0 saturated carbocycles. The summed E-state index contributed by atoms with van der Waals surface area (Å²) in [5, 5.41) is 11.0. The first-order valence-corrected chi connectivity index (χ1v) is 13.5. The van der Waals surface area contributed by atoms with Crippen molar-refractivity contribution in [3.8, 4) is 0 Å². The fourth-order valence-corrected chi connectivity index (χ4v) is 5.20. The minimum atomic E-state index is 0.000742. The van der Waals surface area contributed by atoms with E-state index in [0.29, 0.717) is 23.4 Å². The van der Waals surface area contributed by atoms with Crippen molar-refractivity contribution in [3.63, 3.8) is 0 Å². The van der Waals surface area contributed by atoms with Crippen LogP contribution in [0.2, 0.25) is 0 Å². The Bertz CT molecular complexity index is 1080. The monoisotopic (exact) mass is 508 g/mol. The maximum absolute atomic E-state index is 11.7. The minimum Gasteiger partial charge on any atom is -0.355 e. The normalized spacial score (nSPS) is 18.7. The number of nitrogens with one attached hydrogen (secondary N) is 3. The van der Waals surface area contributed by atoms with Crippen LogP contribution >= 0.6 is 11.8 Å². The van der Waals surface area contributed by atoms with Crippen molar-refractivity contribution >= 4 is 41.2 Å². The van der Waals surface area contributed by atoms with Gasteiger partial charge in [0.2, 0.25) is 5.91 Å². The number of amides is 1. The fourth-order valence-electron chi connectivity index (χ4n) is 4.44. The number of carbonyl (C=O) groups is 1. The summed E-state index contributed by atoms with van der Waals surface area (Å²) in [7, 11) is 0. The summed E-state index contributed by atoms with van der Waals surface area (Å²) >= 11 is 1.51. The Morgan fingerprint density at radius 1 is 1.14 bits per heavy atom. The van der Waals surface area contributed by atoms with Gasteiger partial charge < -0.3 is 15.5 Å². The number of hydrogen-bond donors (Lipinski definition) is 3. The molecule has 2 aromatic rings. The van der Waals surface area contributed by atoms with E-state index in [9.17, 15) is 4.79 Å². The van der Waals surface area contributed by atoms with Gasteiger partial charge in [0.1, 0.15) is 17.5 Å². The second kappa shape index (κ2) is 12.7. The summed E-state index contributed by atoms with van der Waals surface area (Å²) in [6, 6.07) is 10.4. The van der Waals surface area contributed by atoms with E-state index in [1.165, 1.54) is 37.7 Å². The molecule has 192 valence electrons. The lowest BCUT2D eigenvalue weighted by Crippen LogP contribution is -2.35. The topological polar surface area (TPSA) is 97.8 Å². The van der Waals surface area contributed by atoms with Crippen LogP contribution in [0.15, 0.2) is 57.4 Å². The highest BCUT2D eigenvalue weighted by Crippen LogP contribution is 2.31. The molecular formula is C26H36N8OS. The predicted octanol–water partition coefficient (Wildman–Crippen LogP) is 4.52. The largest absolute Gasteiger partial charge is 0.355 e. The summed E-state index contributed by atoms with van der Waals surface area (Å²) in [6.07, 6.45) is 7.84. The van der Waals surface area contributed by atoms with E-state index >= 15 is 0 Å². The third-order valence-electron chi connectivity index (χ3n) is 6.37. The van der Waals surface area contributed by atoms with Gasteiger partial charge in [0, 0.05) is 48.4 Å². The first kappa shape index (κ1) is 26.0. The predicted molar refractivity (Wildman–Crippen MR) is 148 cm³/mol. The van der Waals surface area contributed by atoms with Gasteiger partial charge in [0.25, 0.3) is 0 Å². The lowest BCUT2D eigenvalue weighted by Gasteiger charge is -2.24. The third kappa shape index (κ3) is 6.98. The highest BCUT2D eigenvalue weighted by Gasteiger charge is 2.30. The maximum Gasteiger partial charge on any atom is 0.224 e. The molecule has 0 radical (unpaired) electrons. The molecule has 10 heteroatoms. The van der Waals surface area contributed by atoms with Gasteiger partial charge in [-0.25, -0.2) is 9.97 Å². The number of nitrogens with zero attached hydrogens (tertiary/aromatic N) is 5. The van der Waals surface area contributed by atoms with Gasteiger partial charge in [-0.1, -0.05) is 6.92 Å². The van der Waals surface area contributed by atoms with Gasteiger partial charge in [-0.05, 0) is 88.3 Å². The molecule has 2 aliphatic heterocycles. The van der Waals surface area contributed by atoms with Crippen LogP contribution in [0.3, 0.4) is 0 Å². The molecule has 1 atom stereocenters. The standard InChI is InChI=1S/C26H36N8OS/c1-4-22(32-27-6-3)29-23-17-24(34-16-13-20(18-34)33-14-7-8-15-33)31-26(30-23)36-21-11-9-19(10-12-21)28-25(35)5-2/h4,6,9-12,17,20,32H,5,7-8,13-16,18H2,1-3H3,(H,28,35)(H,29,30,31)/b22-4-,27-6+/t20-/m0/s1. The Morgan fingerprint density at radius 2 is 1.92 bits per heavy atom. The molecule has 1 aromatic carbocycles. The molecule has 0 bridgehead atoms. The maximum atomic E-state index is 11.7. The molecule has 3 heterocycles. The lowest BCUT2D eigenvalue weighted by molar-refractivity contribution is -0.115. The SMILES string of the molecule is C/C=C(\N/N=C/C)Nc1cc(N2CC[C@H](N3CCCC3)C2)nc(Sc2ccc(NC(=O)CC)cc2)n1. The quantitative estimate of drug-likeness (QED) is 0.245. The molecule has 0 aliphatic carbocycles. The Hall–Kier alpha value is -3.11. The third-order valence-corrected chi connectivity index (χ3v) is 7.24. The number of carbonyl (C=O) groups excluding carboxylic acids is 1. The molecular weight excluding hydrogens is 472 g/mol. The Balaban J connectivity index is 1.54. The van der Waals surface area contributed by atoms with E-state index in [1.807, 2.05) is 57.2 Å². The smallest absolute Gasteiger partial charge is 0.224 e. The zero-order valence-corrected chi connectivity index (χ0v) is 22.1. The van der Waals surface area contributed by atoms with E-state index in [-0.39, 0.29) is 5.91 Å². The Kier molecular flexibility index (Phi) is 9.18. The van der Waals surface area contributed by atoms with E-state index in [0.717, 1.165) is 41.7 Å². The molecule has 4 rings (SSSR count). The second-order valence-electron chi connectivity index (χ2n) is 8.88. The fraction of sp³-hybridized carbons (Fsp3) is 0.462. The molecule has 1 aromatic heterocycles. The van der Waals surface area contributed by atoms with Crippen LogP contribution in [0, 0.1) is 0 Å². The average molecular weight is 509 g/mol. The van der Waals surface area contributed by atoms with Crippen LogP contribution in [0.4, 0.5) is 17.3 Å². The van der Waals surface area contributed by atoms with Crippen LogP contribution < -0.4 is 21.0 Å². The minimum absolute atomic E-state index is 0.000742. The molecule has 3 N–H and O–H groups in total. The van der Waals surface area contributed by atoms with Crippen molar-refractivity contribution in [2.75, 3.05) is 41.7 Å². The lowest BCUT2D eigenvalue weighted by atomic mass is 10.2. The zero-order valence-electron chi connectivity index (χ0n) is 21.3. The van der Waals surface area contributed by atoms with Crippen LogP contribution in [-0.4, -0.2) is 59.2 Å². The number of hydrogen-bond acceptors (Lipinski definition) is 9. The molecule has 2 fully saturated rings. The van der Waals surface area contributed by atoms with Crippen molar-refractivity contribution in [2.45, 2.75) is 62.5 Å². The summed E-state index contributed by atoms with van der Waals surface area (Å²) in [6.45, 7) is 10.0. The van der Waals surface area contributed by atoms with Crippen LogP contribution in [0.25, 0.3) is 0 Å². The van der Waals surface area contributed by atoms with Crippen LogP contribution in [0.1, 0.15) is 46.5 Å².